The first-order chi connectivity index (χ1) is 9.02. The lowest BCUT2D eigenvalue weighted by Gasteiger charge is -2.17. The van der Waals surface area contributed by atoms with Gasteiger partial charge in [0, 0.05) is 20.6 Å². The molecule has 1 aliphatic rings. The predicted molar refractivity (Wildman–Crippen MR) is 85.0 cm³/mol. The van der Waals surface area contributed by atoms with Crippen molar-refractivity contribution in [3.05, 3.63) is 54.9 Å². The highest BCUT2D eigenvalue weighted by atomic mass is 79.9. The second-order valence-electron chi connectivity index (χ2n) is 4.11. The highest BCUT2D eigenvalue weighted by Crippen LogP contribution is 2.41. The van der Waals surface area contributed by atoms with Gasteiger partial charge in [-0.1, -0.05) is 24.3 Å². The van der Waals surface area contributed by atoms with Crippen LogP contribution in [0.15, 0.2) is 43.8 Å². The molecule has 0 saturated carbocycles. The zero-order chi connectivity index (χ0) is 13.7. The number of allylic oxidation sites excluding steroid dienone is 2. The molecule has 2 aromatic rings. The van der Waals surface area contributed by atoms with Crippen molar-refractivity contribution in [2.45, 2.75) is 0 Å². The highest BCUT2D eigenvalue weighted by molar-refractivity contribution is 9.12. The number of hydrogen-bond donors (Lipinski definition) is 0. The van der Waals surface area contributed by atoms with E-state index in [0.29, 0.717) is 20.1 Å². The Balaban J connectivity index is 2.54. The van der Waals surface area contributed by atoms with Crippen LogP contribution in [-0.2, 0) is 0 Å². The first-order valence-corrected chi connectivity index (χ1v) is 7.76. The fraction of sp³-hybridized carbons (Fsp3) is 0. The number of carbonyl (C=O) groups excluding carboxylic acids is 2. The minimum Gasteiger partial charge on any atom is -0.289 e. The molecule has 0 saturated heterocycles. The largest absolute Gasteiger partial charge is 0.289 e. The summed E-state index contributed by atoms with van der Waals surface area (Å²) < 4.78 is 1.61. The van der Waals surface area contributed by atoms with Gasteiger partial charge in [-0.05, 0) is 58.6 Å². The molecular weight excluding hydrogens is 440 g/mol. The zero-order valence-corrected chi connectivity index (χ0v) is 14.1. The summed E-state index contributed by atoms with van der Waals surface area (Å²) in [5.41, 5.74) is 0.823. The molecule has 0 heterocycles. The fourth-order valence-corrected chi connectivity index (χ4v) is 4.04. The number of Topliss-reactive ketones (excluding diaryl/α,β-unsaturated/α-hetero) is 1. The van der Waals surface area contributed by atoms with Crippen molar-refractivity contribution in [1.29, 1.82) is 0 Å². The van der Waals surface area contributed by atoms with E-state index in [2.05, 4.69) is 47.8 Å². The summed E-state index contributed by atoms with van der Waals surface area (Å²) in [5, 5.41) is 1.80. The summed E-state index contributed by atoms with van der Waals surface area (Å²) in [5.74, 6) is -0.368. The third-order valence-corrected chi connectivity index (χ3v) is 5.27. The topological polar surface area (TPSA) is 34.1 Å². The molecule has 0 spiro atoms. The van der Waals surface area contributed by atoms with Gasteiger partial charge in [-0.25, -0.2) is 0 Å². The Morgan fingerprint density at radius 2 is 1.32 bits per heavy atom. The van der Waals surface area contributed by atoms with Gasteiger partial charge in [0.2, 0.25) is 5.78 Å². The molecular formula is C14H5Br3O2. The molecule has 94 valence electrons. The van der Waals surface area contributed by atoms with Crippen LogP contribution in [-0.4, -0.2) is 11.6 Å². The molecule has 2 nitrogen and oxygen atoms in total. The minimum atomic E-state index is -0.187. The van der Waals surface area contributed by atoms with E-state index in [1.165, 1.54) is 6.08 Å². The van der Waals surface area contributed by atoms with Gasteiger partial charge in [0.05, 0.1) is 10.0 Å². The molecule has 0 amide bonds. The summed E-state index contributed by atoms with van der Waals surface area (Å²) in [6.07, 6.45) is 1.32. The molecule has 0 radical (unpaired) electrons. The van der Waals surface area contributed by atoms with Crippen LogP contribution >= 0.6 is 47.8 Å². The van der Waals surface area contributed by atoms with E-state index in [-0.39, 0.29) is 16.0 Å². The Labute approximate surface area is 134 Å². The third kappa shape index (κ3) is 1.87. The van der Waals surface area contributed by atoms with Gasteiger partial charge in [0.15, 0.2) is 5.78 Å². The van der Waals surface area contributed by atoms with Crippen LogP contribution in [0.5, 0.6) is 0 Å². The van der Waals surface area contributed by atoms with E-state index >= 15 is 0 Å². The maximum Gasteiger partial charge on any atom is 0.202 e. The average molecular weight is 445 g/mol. The van der Waals surface area contributed by atoms with Gasteiger partial charge in [-0.15, -0.1) is 0 Å². The van der Waals surface area contributed by atoms with E-state index in [1.807, 2.05) is 24.3 Å². The highest BCUT2D eigenvalue weighted by Gasteiger charge is 2.30. The minimum absolute atomic E-state index is 0.181. The van der Waals surface area contributed by atoms with E-state index < -0.39 is 0 Å². The molecule has 0 aromatic heterocycles. The molecule has 5 heteroatoms. The molecule has 0 fully saturated rings. The van der Waals surface area contributed by atoms with E-state index in [4.69, 9.17) is 0 Å². The summed E-state index contributed by atoms with van der Waals surface area (Å²) in [6.45, 7) is 0. The molecule has 1 aliphatic carbocycles. The van der Waals surface area contributed by atoms with Gasteiger partial charge in [0.25, 0.3) is 0 Å². The zero-order valence-electron chi connectivity index (χ0n) is 9.34. The van der Waals surface area contributed by atoms with Gasteiger partial charge < -0.3 is 0 Å². The number of carbonyl (C=O) groups is 2. The number of benzene rings is 2. The third-order valence-electron chi connectivity index (χ3n) is 3.04. The summed E-state index contributed by atoms with van der Waals surface area (Å²) in [4.78, 5) is 24.4. The number of fused-ring (bicyclic) bond motifs is 2. The van der Waals surface area contributed by atoms with Crippen LogP contribution in [0.4, 0.5) is 0 Å². The summed E-state index contributed by atoms with van der Waals surface area (Å²) in [7, 11) is 0. The normalized spacial score (nSPS) is 14.6. The predicted octanol–water partition coefficient (Wildman–Crippen LogP) is 5.02. The van der Waals surface area contributed by atoms with Crippen molar-refractivity contribution in [1.82, 2.24) is 0 Å². The smallest absolute Gasteiger partial charge is 0.202 e. The maximum atomic E-state index is 12.3. The molecule has 0 bridgehead atoms. The Morgan fingerprint density at radius 1 is 0.789 bits per heavy atom. The van der Waals surface area contributed by atoms with E-state index in [1.54, 1.807) is 0 Å². The van der Waals surface area contributed by atoms with E-state index in [9.17, 15) is 9.59 Å². The van der Waals surface area contributed by atoms with Gasteiger partial charge in [0.1, 0.15) is 0 Å². The van der Waals surface area contributed by atoms with Crippen molar-refractivity contribution >= 4 is 70.1 Å². The van der Waals surface area contributed by atoms with Crippen molar-refractivity contribution < 1.29 is 9.59 Å². The van der Waals surface area contributed by atoms with Gasteiger partial charge in [-0.3, -0.25) is 9.59 Å². The van der Waals surface area contributed by atoms with Crippen molar-refractivity contribution in [3.8, 4) is 0 Å². The number of ketones is 2. The maximum absolute atomic E-state index is 12.3. The number of hydrogen-bond acceptors (Lipinski definition) is 2. The van der Waals surface area contributed by atoms with Crippen molar-refractivity contribution in [2.75, 3.05) is 0 Å². The molecule has 0 N–H and O–H groups in total. The van der Waals surface area contributed by atoms with Crippen molar-refractivity contribution in [2.24, 2.45) is 0 Å². The second kappa shape index (κ2) is 4.65. The van der Waals surface area contributed by atoms with Gasteiger partial charge in [-0.2, -0.15) is 0 Å². The molecule has 0 aliphatic heterocycles. The van der Waals surface area contributed by atoms with Crippen molar-refractivity contribution in [3.63, 3.8) is 0 Å². The van der Waals surface area contributed by atoms with Crippen LogP contribution in [0, 0.1) is 0 Å². The Kier molecular flexibility index (Phi) is 3.23. The second-order valence-corrected chi connectivity index (χ2v) is 6.55. The molecule has 3 rings (SSSR count). The summed E-state index contributed by atoms with van der Waals surface area (Å²) in [6, 6.07) is 7.61. The average Bonchev–Trinajstić information content (AvgIpc) is 2.40. The lowest BCUT2D eigenvalue weighted by molar-refractivity contribution is 0.0991. The molecule has 0 unspecified atom stereocenters. The quantitative estimate of drug-likeness (QED) is 0.571. The Morgan fingerprint density at radius 3 is 1.89 bits per heavy atom. The van der Waals surface area contributed by atoms with Crippen LogP contribution in [0.25, 0.3) is 10.8 Å². The monoisotopic (exact) mass is 442 g/mol. The standard InChI is InChI=1S/C14H5Br3O2/c15-8-5-9(18)10-11(14(8)19)13(17)7-4-2-1-3-6(7)12(10)16/h1-5H. The lowest BCUT2D eigenvalue weighted by atomic mass is 9.91. The number of halogens is 3. The Hall–Kier alpha value is -0.780. The number of rotatable bonds is 0. The van der Waals surface area contributed by atoms with Crippen LogP contribution in [0.2, 0.25) is 0 Å². The first kappa shape index (κ1) is 13.2. The van der Waals surface area contributed by atoms with Crippen LogP contribution < -0.4 is 0 Å². The molecule has 2 aromatic carbocycles. The Bertz CT molecular complexity index is 791. The first-order valence-electron chi connectivity index (χ1n) is 5.38. The SMILES string of the molecule is O=C1C=C(Br)C(=O)c2c1c(Br)c1ccccc1c2Br. The molecule has 0 atom stereocenters. The fourth-order valence-electron chi connectivity index (χ4n) is 2.17. The van der Waals surface area contributed by atoms with E-state index in [0.717, 1.165) is 10.8 Å². The molecule has 19 heavy (non-hydrogen) atoms. The van der Waals surface area contributed by atoms with Crippen LogP contribution in [0.1, 0.15) is 20.7 Å². The van der Waals surface area contributed by atoms with Gasteiger partial charge >= 0.3 is 0 Å². The lowest BCUT2D eigenvalue weighted by Crippen LogP contribution is -2.16. The summed E-state index contributed by atoms with van der Waals surface area (Å²) >= 11 is 10.0. The van der Waals surface area contributed by atoms with Crippen LogP contribution in [0.3, 0.4) is 0 Å².